The first-order chi connectivity index (χ1) is 14.2. The van der Waals surface area contributed by atoms with E-state index in [1.807, 2.05) is 6.07 Å². The summed E-state index contributed by atoms with van der Waals surface area (Å²) in [4.78, 5) is 45.0. The zero-order valence-electron chi connectivity index (χ0n) is 15.1. The smallest absolute Gasteiger partial charge is 0.327 e. The van der Waals surface area contributed by atoms with Crippen molar-refractivity contribution in [1.29, 1.82) is 5.26 Å². The Morgan fingerprint density at radius 1 is 1.23 bits per heavy atom. The second-order valence-electron chi connectivity index (χ2n) is 7.36. The number of aromatic nitrogens is 1. The van der Waals surface area contributed by atoms with Gasteiger partial charge in [0.25, 0.3) is 5.91 Å². The summed E-state index contributed by atoms with van der Waals surface area (Å²) < 4.78 is 38.8. The van der Waals surface area contributed by atoms with Crippen molar-refractivity contribution in [3.8, 4) is 6.07 Å². The zero-order chi connectivity index (χ0) is 21.4. The molecule has 4 heterocycles. The number of halogens is 3. The van der Waals surface area contributed by atoms with Gasteiger partial charge in [0, 0.05) is 18.1 Å². The number of urea groups is 1. The van der Waals surface area contributed by atoms with E-state index in [9.17, 15) is 32.8 Å². The molecule has 5 rings (SSSR count). The molecular formula is C19H12F3N5O3. The predicted molar refractivity (Wildman–Crippen MR) is 94.9 cm³/mol. The van der Waals surface area contributed by atoms with Gasteiger partial charge in [-0.1, -0.05) is 0 Å². The molecule has 11 heteroatoms. The highest BCUT2D eigenvalue weighted by Gasteiger charge is 2.64. The van der Waals surface area contributed by atoms with Gasteiger partial charge in [-0.2, -0.15) is 18.4 Å². The van der Waals surface area contributed by atoms with Crippen molar-refractivity contribution in [1.82, 2.24) is 14.8 Å². The number of rotatable bonds is 1. The van der Waals surface area contributed by atoms with Crippen molar-refractivity contribution in [2.75, 3.05) is 11.4 Å². The summed E-state index contributed by atoms with van der Waals surface area (Å²) in [6, 6.07) is 4.59. The first-order valence-electron chi connectivity index (χ1n) is 9.06. The van der Waals surface area contributed by atoms with Crippen molar-refractivity contribution in [3.05, 3.63) is 36.0 Å². The monoisotopic (exact) mass is 415 g/mol. The van der Waals surface area contributed by atoms with Crippen LogP contribution in [0, 0.1) is 11.3 Å². The van der Waals surface area contributed by atoms with Crippen molar-refractivity contribution in [2.24, 2.45) is 0 Å². The number of hydrogen-bond donors (Lipinski definition) is 0. The highest BCUT2D eigenvalue weighted by atomic mass is 19.4. The molecule has 3 aliphatic rings. The van der Waals surface area contributed by atoms with Crippen LogP contribution >= 0.6 is 0 Å². The van der Waals surface area contributed by atoms with E-state index in [-0.39, 0.29) is 24.2 Å². The standard InChI is InChI=1S/C19H12F3N5O3/c20-19(21,22)17(29)25-8-10-6-13(25)15-16(28)27(18(30)26(10)15)12-4-3-9(7-23)14-11(12)2-1-5-24-14/h1-5,10,13,15H,6,8H2/t10-,13?,15+/m1/s1. The summed E-state index contributed by atoms with van der Waals surface area (Å²) in [5, 5.41) is 9.67. The van der Waals surface area contributed by atoms with Crippen molar-refractivity contribution < 1.29 is 27.6 Å². The third kappa shape index (κ3) is 2.27. The normalized spacial score (nSPS) is 25.3. The van der Waals surface area contributed by atoms with Crippen LogP contribution in [0.5, 0.6) is 0 Å². The lowest BCUT2D eigenvalue weighted by Crippen LogP contribution is -2.57. The number of piperazine rings is 1. The van der Waals surface area contributed by atoms with Crippen molar-refractivity contribution in [2.45, 2.75) is 30.7 Å². The molecule has 1 unspecified atom stereocenters. The number of nitrogens with zero attached hydrogens (tertiary/aromatic N) is 5. The van der Waals surface area contributed by atoms with Crippen LogP contribution in [0.2, 0.25) is 0 Å². The van der Waals surface area contributed by atoms with E-state index >= 15 is 0 Å². The van der Waals surface area contributed by atoms with Crippen molar-refractivity contribution in [3.63, 3.8) is 0 Å². The maximum Gasteiger partial charge on any atom is 0.471 e. The summed E-state index contributed by atoms with van der Waals surface area (Å²) in [5.41, 5.74) is 0.771. The Morgan fingerprint density at radius 2 is 2.00 bits per heavy atom. The lowest BCUT2D eigenvalue weighted by atomic mass is 10.1. The van der Waals surface area contributed by atoms with E-state index in [1.54, 1.807) is 12.1 Å². The number of imide groups is 1. The van der Waals surface area contributed by atoms with Gasteiger partial charge in [0.1, 0.15) is 12.1 Å². The molecule has 2 aromatic rings. The zero-order valence-corrected chi connectivity index (χ0v) is 15.1. The molecule has 0 saturated carbocycles. The van der Waals surface area contributed by atoms with Crippen LogP contribution in [0.1, 0.15) is 12.0 Å². The molecule has 3 fully saturated rings. The Balaban J connectivity index is 1.56. The number of nitriles is 1. The quantitative estimate of drug-likeness (QED) is 0.662. The van der Waals surface area contributed by atoms with Gasteiger partial charge in [-0.3, -0.25) is 14.6 Å². The third-order valence-electron chi connectivity index (χ3n) is 5.88. The Morgan fingerprint density at radius 3 is 2.70 bits per heavy atom. The molecule has 2 bridgehead atoms. The van der Waals surface area contributed by atoms with E-state index in [2.05, 4.69) is 4.98 Å². The lowest BCUT2D eigenvalue weighted by molar-refractivity contribution is -0.188. The van der Waals surface area contributed by atoms with Gasteiger partial charge in [-0.25, -0.2) is 9.69 Å². The fourth-order valence-electron chi connectivity index (χ4n) is 4.72. The molecule has 1 aromatic carbocycles. The molecule has 0 spiro atoms. The van der Waals surface area contributed by atoms with Gasteiger partial charge >= 0.3 is 18.1 Å². The number of alkyl halides is 3. The predicted octanol–water partition coefficient (Wildman–Crippen LogP) is 1.79. The summed E-state index contributed by atoms with van der Waals surface area (Å²) in [6.07, 6.45) is -3.44. The maximum atomic E-state index is 13.2. The molecule has 0 radical (unpaired) electrons. The van der Waals surface area contributed by atoms with E-state index in [0.29, 0.717) is 15.8 Å². The maximum absolute atomic E-state index is 13.2. The van der Waals surface area contributed by atoms with Gasteiger partial charge in [0.2, 0.25) is 0 Å². The minimum absolute atomic E-state index is 0.132. The summed E-state index contributed by atoms with van der Waals surface area (Å²) in [6.45, 7) is -0.262. The first kappa shape index (κ1) is 18.4. The van der Waals surface area contributed by atoms with Gasteiger partial charge in [0.05, 0.1) is 28.9 Å². The molecule has 3 aliphatic heterocycles. The van der Waals surface area contributed by atoms with Gasteiger partial charge in [-0.05, 0) is 30.7 Å². The summed E-state index contributed by atoms with van der Waals surface area (Å²) >= 11 is 0. The van der Waals surface area contributed by atoms with Crippen LogP contribution in [0.15, 0.2) is 30.5 Å². The average Bonchev–Trinajstić information content (AvgIpc) is 3.37. The SMILES string of the molecule is N#Cc1ccc(N2C(=O)[C@@H]3C4C[C@H](CN4C(=O)C(F)(F)F)N3C2=O)c2cccnc12. The molecule has 4 amide bonds. The fraction of sp³-hybridized carbons (Fsp3) is 0.316. The fourth-order valence-corrected chi connectivity index (χ4v) is 4.72. The topological polar surface area (TPSA) is 97.6 Å². The Hall–Kier alpha value is -3.68. The molecule has 30 heavy (non-hydrogen) atoms. The Labute approximate surface area is 167 Å². The Bertz CT molecular complexity index is 1170. The Kier molecular flexibility index (Phi) is 3.62. The summed E-state index contributed by atoms with van der Waals surface area (Å²) in [7, 11) is 0. The second kappa shape index (κ2) is 5.91. The van der Waals surface area contributed by atoms with Crippen LogP contribution in [0.3, 0.4) is 0 Å². The van der Waals surface area contributed by atoms with Gasteiger partial charge < -0.3 is 9.80 Å². The van der Waals surface area contributed by atoms with E-state index in [1.165, 1.54) is 23.2 Å². The van der Waals surface area contributed by atoms with E-state index in [0.717, 1.165) is 4.90 Å². The minimum Gasteiger partial charge on any atom is -0.327 e. The van der Waals surface area contributed by atoms with Crippen LogP contribution in [0.25, 0.3) is 10.9 Å². The molecular weight excluding hydrogens is 403 g/mol. The molecule has 1 aromatic heterocycles. The van der Waals surface area contributed by atoms with Gasteiger partial charge in [0.15, 0.2) is 0 Å². The van der Waals surface area contributed by atoms with Crippen LogP contribution < -0.4 is 4.90 Å². The third-order valence-corrected chi connectivity index (χ3v) is 5.88. The minimum atomic E-state index is -5.05. The van der Waals surface area contributed by atoms with Crippen LogP contribution in [-0.4, -0.2) is 63.5 Å². The largest absolute Gasteiger partial charge is 0.471 e. The molecule has 152 valence electrons. The number of benzene rings is 1. The van der Waals surface area contributed by atoms with E-state index < -0.39 is 42.1 Å². The van der Waals surface area contributed by atoms with Crippen molar-refractivity contribution >= 4 is 34.4 Å². The highest BCUT2D eigenvalue weighted by molar-refractivity contribution is 6.25. The molecule has 8 nitrogen and oxygen atoms in total. The number of likely N-dealkylation sites (tertiary alicyclic amines) is 1. The number of carbonyl (C=O) groups excluding carboxylic acids is 3. The van der Waals surface area contributed by atoms with Crippen LogP contribution in [0.4, 0.5) is 23.7 Å². The molecule has 0 N–H and O–H groups in total. The van der Waals surface area contributed by atoms with Crippen LogP contribution in [-0.2, 0) is 9.59 Å². The number of anilines is 1. The number of amides is 4. The number of fused-ring (bicyclic) bond motifs is 6. The highest BCUT2D eigenvalue weighted by Crippen LogP contribution is 2.44. The molecule has 3 atom stereocenters. The lowest BCUT2D eigenvalue weighted by Gasteiger charge is -2.35. The van der Waals surface area contributed by atoms with E-state index in [4.69, 9.17) is 0 Å². The molecule has 0 aliphatic carbocycles. The number of pyridine rings is 1. The van der Waals surface area contributed by atoms with Gasteiger partial charge in [-0.15, -0.1) is 0 Å². The second-order valence-corrected chi connectivity index (χ2v) is 7.36. The number of carbonyl (C=O) groups is 3. The number of hydrogen-bond acceptors (Lipinski definition) is 5. The average molecular weight is 415 g/mol. The first-order valence-corrected chi connectivity index (χ1v) is 9.06. The summed E-state index contributed by atoms with van der Waals surface area (Å²) in [5.74, 6) is -2.69. The molecule has 3 saturated heterocycles.